The normalized spacial score (nSPS) is 15.4. The first-order chi connectivity index (χ1) is 14.7. The molecule has 1 aliphatic rings. The molecule has 0 atom stereocenters. The molecule has 31 heavy (non-hydrogen) atoms. The molecule has 1 aliphatic heterocycles. The molecule has 4 rings (SSSR count). The number of nitrogens with zero attached hydrogens (tertiary/aromatic N) is 3. The molecule has 1 amide bonds. The predicted octanol–water partition coefficient (Wildman–Crippen LogP) is 3.59. The molecule has 0 N–H and O–H groups in total. The molecule has 0 spiro atoms. The van der Waals surface area contributed by atoms with Gasteiger partial charge >= 0.3 is 6.18 Å². The van der Waals surface area contributed by atoms with Crippen molar-refractivity contribution < 1.29 is 22.7 Å². The van der Waals surface area contributed by atoms with Gasteiger partial charge in [-0.2, -0.15) is 13.2 Å². The van der Waals surface area contributed by atoms with E-state index in [1.165, 1.54) is 16.8 Å². The number of alkyl halides is 3. The number of hydrogen-bond donors (Lipinski definition) is 0. The Balaban J connectivity index is 1.43. The van der Waals surface area contributed by atoms with E-state index in [2.05, 4.69) is 0 Å². The number of hydrogen-bond acceptors (Lipinski definition) is 3. The van der Waals surface area contributed by atoms with E-state index in [-0.39, 0.29) is 23.1 Å². The highest BCUT2D eigenvalue weighted by atomic mass is 19.4. The molecule has 0 aliphatic carbocycles. The van der Waals surface area contributed by atoms with Crippen molar-refractivity contribution in [2.75, 3.05) is 13.1 Å². The highest BCUT2D eigenvalue weighted by Crippen LogP contribution is 2.31. The summed E-state index contributed by atoms with van der Waals surface area (Å²) in [6.07, 6.45) is -0.327. The van der Waals surface area contributed by atoms with Gasteiger partial charge in [-0.15, -0.1) is 0 Å². The van der Waals surface area contributed by atoms with Crippen LogP contribution in [0.5, 0.6) is 5.75 Å². The summed E-state index contributed by atoms with van der Waals surface area (Å²) in [5.41, 5.74) is 0.267. The van der Waals surface area contributed by atoms with Gasteiger partial charge in [0.1, 0.15) is 24.0 Å². The van der Waals surface area contributed by atoms with Crippen molar-refractivity contribution in [1.29, 1.82) is 0 Å². The van der Waals surface area contributed by atoms with Gasteiger partial charge in [0, 0.05) is 50.8 Å². The van der Waals surface area contributed by atoms with Crippen LogP contribution in [0.2, 0.25) is 0 Å². The van der Waals surface area contributed by atoms with Crippen LogP contribution in [0.3, 0.4) is 0 Å². The van der Waals surface area contributed by atoms with Crippen molar-refractivity contribution in [3.8, 4) is 5.75 Å². The molecule has 6 nitrogen and oxygen atoms in total. The Bertz CT molecular complexity index is 1160. The van der Waals surface area contributed by atoms with Crippen molar-refractivity contribution in [3.63, 3.8) is 0 Å². The molecule has 0 saturated carbocycles. The summed E-state index contributed by atoms with van der Waals surface area (Å²) in [7, 11) is 1.60. The smallest absolute Gasteiger partial charge is 0.406 e. The average Bonchev–Trinajstić information content (AvgIpc) is 3.12. The van der Waals surface area contributed by atoms with E-state index in [1.807, 2.05) is 0 Å². The summed E-state index contributed by atoms with van der Waals surface area (Å²) in [5, 5.41) is 0.623. The van der Waals surface area contributed by atoms with Crippen LogP contribution in [0.1, 0.15) is 23.2 Å². The van der Waals surface area contributed by atoms with E-state index in [1.54, 1.807) is 48.5 Å². The number of aryl methyl sites for hydroxylation is 1. The zero-order chi connectivity index (χ0) is 22.2. The third-order valence-corrected chi connectivity index (χ3v) is 5.50. The first-order valence-corrected chi connectivity index (χ1v) is 9.99. The minimum absolute atomic E-state index is 0.139. The summed E-state index contributed by atoms with van der Waals surface area (Å²) in [4.78, 5) is 26.5. The van der Waals surface area contributed by atoms with Crippen LogP contribution in [0, 0.1) is 0 Å². The lowest BCUT2D eigenvalue weighted by atomic mass is 10.1. The molecule has 1 saturated heterocycles. The van der Waals surface area contributed by atoms with Gasteiger partial charge in [0.15, 0.2) is 0 Å². The first-order valence-electron chi connectivity index (χ1n) is 9.99. The van der Waals surface area contributed by atoms with E-state index in [4.69, 9.17) is 4.74 Å². The summed E-state index contributed by atoms with van der Waals surface area (Å²) >= 11 is 0. The monoisotopic (exact) mass is 433 g/mol. The number of carbonyl (C=O) groups is 1. The fraction of sp³-hybridized carbons (Fsp3) is 0.364. The number of rotatable bonds is 4. The maximum absolute atomic E-state index is 12.8. The minimum atomic E-state index is -4.30. The first kappa shape index (κ1) is 21.0. The Morgan fingerprint density at radius 3 is 2.55 bits per heavy atom. The van der Waals surface area contributed by atoms with Gasteiger partial charge in [0.05, 0.1) is 5.52 Å². The van der Waals surface area contributed by atoms with Gasteiger partial charge in [0.2, 0.25) is 0 Å². The maximum Gasteiger partial charge on any atom is 0.406 e. The molecule has 0 unspecified atom stereocenters. The topological polar surface area (TPSA) is 56.5 Å². The Morgan fingerprint density at radius 2 is 1.84 bits per heavy atom. The number of fused-ring (bicyclic) bond motifs is 1. The molecule has 1 aromatic carbocycles. The Morgan fingerprint density at radius 1 is 1.10 bits per heavy atom. The number of carbonyl (C=O) groups excluding carboxylic acids is 1. The van der Waals surface area contributed by atoms with E-state index in [9.17, 15) is 22.8 Å². The number of halogens is 3. The Labute approximate surface area is 176 Å². The van der Waals surface area contributed by atoms with Crippen LogP contribution >= 0.6 is 0 Å². The zero-order valence-corrected chi connectivity index (χ0v) is 16.9. The second-order valence-electron chi connectivity index (χ2n) is 7.70. The number of ether oxygens (including phenoxy) is 1. The third kappa shape index (κ3) is 4.45. The molecule has 0 radical (unpaired) electrons. The van der Waals surface area contributed by atoms with E-state index < -0.39 is 12.7 Å². The fourth-order valence-electron chi connectivity index (χ4n) is 3.92. The molecule has 164 valence electrons. The van der Waals surface area contributed by atoms with Gasteiger partial charge < -0.3 is 18.8 Å². The number of aromatic nitrogens is 2. The van der Waals surface area contributed by atoms with Gasteiger partial charge in [-0.1, -0.05) is 6.07 Å². The minimum Gasteiger partial charge on any atom is -0.490 e. The van der Waals surface area contributed by atoms with Crippen LogP contribution in [0.25, 0.3) is 10.9 Å². The van der Waals surface area contributed by atoms with Crippen LogP contribution in [0.15, 0.2) is 53.6 Å². The molecular formula is C22H22F3N3O3. The van der Waals surface area contributed by atoms with Crippen molar-refractivity contribution in [1.82, 2.24) is 14.0 Å². The SMILES string of the molecule is Cn1cccc(C(=O)N2CCC(Oc3cccc4c3ccn4CC(F)(F)F)CC2)c1=O. The molecule has 1 fully saturated rings. The second-order valence-corrected chi connectivity index (χ2v) is 7.70. The Hall–Kier alpha value is -3.23. The number of piperidine rings is 1. The summed E-state index contributed by atoms with van der Waals surface area (Å²) in [6, 6.07) is 9.87. The summed E-state index contributed by atoms with van der Waals surface area (Å²) in [6.45, 7) is -0.182. The molecule has 3 heterocycles. The lowest BCUT2D eigenvalue weighted by Crippen LogP contribution is -2.43. The highest BCUT2D eigenvalue weighted by Gasteiger charge is 2.29. The van der Waals surface area contributed by atoms with Gasteiger partial charge in [-0.05, 0) is 30.3 Å². The lowest BCUT2D eigenvalue weighted by Gasteiger charge is -2.32. The van der Waals surface area contributed by atoms with Crippen molar-refractivity contribution in [3.05, 3.63) is 64.7 Å². The molecule has 2 aromatic heterocycles. The molecule has 9 heteroatoms. The highest BCUT2D eigenvalue weighted by molar-refractivity contribution is 5.94. The van der Waals surface area contributed by atoms with Gasteiger partial charge in [0.25, 0.3) is 11.5 Å². The van der Waals surface area contributed by atoms with Crippen LogP contribution in [-0.4, -0.2) is 45.3 Å². The van der Waals surface area contributed by atoms with Crippen molar-refractivity contribution in [2.24, 2.45) is 7.05 Å². The van der Waals surface area contributed by atoms with Crippen molar-refractivity contribution >= 4 is 16.8 Å². The molecule has 3 aromatic rings. The molecule has 0 bridgehead atoms. The van der Waals surface area contributed by atoms with Crippen LogP contribution < -0.4 is 10.3 Å². The number of amides is 1. The van der Waals surface area contributed by atoms with Crippen molar-refractivity contribution in [2.45, 2.75) is 31.7 Å². The largest absolute Gasteiger partial charge is 0.490 e. The maximum atomic E-state index is 12.8. The third-order valence-electron chi connectivity index (χ3n) is 5.50. The average molecular weight is 433 g/mol. The fourth-order valence-corrected chi connectivity index (χ4v) is 3.92. The Kier molecular flexibility index (Phi) is 5.51. The van der Waals surface area contributed by atoms with E-state index in [0.29, 0.717) is 42.6 Å². The number of pyridine rings is 1. The predicted molar refractivity (Wildman–Crippen MR) is 109 cm³/mol. The van der Waals surface area contributed by atoms with E-state index >= 15 is 0 Å². The number of likely N-dealkylation sites (tertiary alicyclic amines) is 1. The summed E-state index contributed by atoms with van der Waals surface area (Å²) in [5.74, 6) is 0.228. The van der Waals surface area contributed by atoms with Gasteiger partial charge in [-0.25, -0.2) is 0 Å². The van der Waals surface area contributed by atoms with Crippen LogP contribution in [0.4, 0.5) is 13.2 Å². The quantitative estimate of drug-likeness (QED) is 0.632. The zero-order valence-electron chi connectivity index (χ0n) is 16.9. The van der Waals surface area contributed by atoms with Crippen LogP contribution in [-0.2, 0) is 13.6 Å². The standard InChI is InChI=1S/C22H22F3N3O3/c1-26-10-3-4-17(20(26)29)21(30)27-11-7-15(8-12-27)31-19-6-2-5-18-16(19)9-13-28(18)14-22(23,24)25/h2-6,9-10,13,15H,7-8,11-12,14H2,1H3. The number of benzene rings is 1. The lowest BCUT2D eigenvalue weighted by molar-refractivity contribution is -0.139. The second kappa shape index (κ2) is 8.13. The summed E-state index contributed by atoms with van der Waals surface area (Å²) < 4.78 is 47.0. The molecular weight excluding hydrogens is 411 g/mol. The van der Waals surface area contributed by atoms with Gasteiger partial charge in [-0.3, -0.25) is 9.59 Å². The van der Waals surface area contributed by atoms with E-state index in [0.717, 1.165) is 4.57 Å².